The summed E-state index contributed by atoms with van der Waals surface area (Å²) >= 11 is 0. The number of hydrogen-bond acceptors (Lipinski definition) is 2. The molecule has 2 fully saturated rings. The number of nitrogens with one attached hydrogen (secondary N) is 1. The first-order chi connectivity index (χ1) is 9.12. The van der Waals surface area contributed by atoms with Crippen LogP contribution < -0.4 is 5.32 Å². The van der Waals surface area contributed by atoms with E-state index in [2.05, 4.69) is 37.9 Å². The molecular weight excluding hydrogens is 232 g/mol. The SMILES string of the molecule is CCC(C)C1CNC2(CCCCC2)CN1C(C)CC. The van der Waals surface area contributed by atoms with Gasteiger partial charge in [-0.05, 0) is 32.1 Å². The van der Waals surface area contributed by atoms with Gasteiger partial charge in [-0.15, -0.1) is 0 Å². The van der Waals surface area contributed by atoms with Crippen molar-refractivity contribution < 1.29 is 0 Å². The van der Waals surface area contributed by atoms with Crippen LogP contribution in [-0.2, 0) is 0 Å². The van der Waals surface area contributed by atoms with Crippen LogP contribution in [0.15, 0.2) is 0 Å². The van der Waals surface area contributed by atoms with Gasteiger partial charge in [-0.3, -0.25) is 4.90 Å². The molecule has 2 rings (SSSR count). The van der Waals surface area contributed by atoms with Crippen molar-refractivity contribution in [2.45, 2.75) is 90.3 Å². The molecule has 0 amide bonds. The van der Waals surface area contributed by atoms with Gasteiger partial charge in [-0.1, -0.05) is 46.5 Å². The quantitative estimate of drug-likeness (QED) is 0.832. The van der Waals surface area contributed by atoms with Gasteiger partial charge >= 0.3 is 0 Å². The monoisotopic (exact) mass is 266 g/mol. The molecule has 1 aliphatic heterocycles. The zero-order valence-corrected chi connectivity index (χ0v) is 13.5. The smallest absolute Gasteiger partial charge is 0.0309 e. The molecule has 0 aromatic rings. The molecule has 0 aromatic heterocycles. The summed E-state index contributed by atoms with van der Waals surface area (Å²) in [4.78, 5) is 2.84. The van der Waals surface area contributed by atoms with Crippen LogP contribution in [0.5, 0.6) is 0 Å². The summed E-state index contributed by atoms with van der Waals surface area (Å²) in [6.45, 7) is 12.0. The Kier molecular flexibility index (Phi) is 5.30. The molecule has 0 bridgehead atoms. The van der Waals surface area contributed by atoms with Crippen molar-refractivity contribution in [3.05, 3.63) is 0 Å². The predicted molar refractivity (Wildman–Crippen MR) is 83.5 cm³/mol. The molecule has 1 saturated heterocycles. The van der Waals surface area contributed by atoms with Crippen LogP contribution in [0.1, 0.15) is 72.6 Å². The summed E-state index contributed by atoms with van der Waals surface area (Å²) in [7, 11) is 0. The maximum atomic E-state index is 3.97. The van der Waals surface area contributed by atoms with Gasteiger partial charge in [-0.25, -0.2) is 0 Å². The van der Waals surface area contributed by atoms with Crippen molar-refractivity contribution in [3.63, 3.8) is 0 Å². The van der Waals surface area contributed by atoms with Gasteiger partial charge in [0.2, 0.25) is 0 Å². The van der Waals surface area contributed by atoms with Crippen LogP contribution in [0.25, 0.3) is 0 Å². The fourth-order valence-electron chi connectivity index (χ4n) is 4.04. The van der Waals surface area contributed by atoms with Crippen molar-refractivity contribution >= 4 is 0 Å². The summed E-state index contributed by atoms with van der Waals surface area (Å²) in [5.41, 5.74) is 0.450. The average Bonchev–Trinajstić information content (AvgIpc) is 2.46. The molecule has 3 atom stereocenters. The Morgan fingerprint density at radius 3 is 2.37 bits per heavy atom. The zero-order valence-electron chi connectivity index (χ0n) is 13.5. The molecule has 0 aromatic carbocycles. The Balaban J connectivity index is 2.09. The molecule has 1 heterocycles. The highest BCUT2D eigenvalue weighted by atomic mass is 15.3. The van der Waals surface area contributed by atoms with Gasteiger partial charge < -0.3 is 5.32 Å². The van der Waals surface area contributed by atoms with Crippen LogP contribution >= 0.6 is 0 Å². The predicted octanol–water partition coefficient (Wildman–Crippen LogP) is 3.81. The van der Waals surface area contributed by atoms with E-state index in [1.54, 1.807) is 0 Å². The molecule has 1 aliphatic carbocycles. The molecular formula is C17H34N2. The van der Waals surface area contributed by atoms with Crippen LogP contribution in [0, 0.1) is 5.92 Å². The standard InChI is InChI=1S/C17H34N2/c1-5-14(3)16-12-18-17(10-8-7-9-11-17)13-19(16)15(4)6-2/h14-16,18H,5-13H2,1-4H3. The van der Waals surface area contributed by atoms with Gasteiger partial charge in [0.1, 0.15) is 0 Å². The maximum Gasteiger partial charge on any atom is 0.0309 e. The third kappa shape index (κ3) is 3.33. The highest BCUT2D eigenvalue weighted by Crippen LogP contribution is 2.34. The van der Waals surface area contributed by atoms with E-state index in [0.29, 0.717) is 5.54 Å². The molecule has 1 N–H and O–H groups in total. The Labute approximate surface area is 120 Å². The van der Waals surface area contributed by atoms with E-state index in [-0.39, 0.29) is 0 Å². The van der Waals surface area contributed by atoms with Crippen molar-refractivity contribution in [1.29, 1.82) is 0 Å². The highest BCUT2D eigenvalue weighted by molar-refractivity contribution is 5.01. The van der Waals surface area contributed by atoms with Crippen molar-refractivity contribution in [2.75, 3.05) is 13.1 Å². The molecule has 112 valence electrons. The van der Waals surface area contributed by atoms with E-state index in [0.717, 1.165) is 18.0 Å². The van der Waals surface area contributed by atoms with Crippen molar-refractivity contribution in [2.24, 2.45) is 5.92 Å². The van der Waals surface area contributed by atoms with Crippen molar-refractivity contribution in [3.8, 4) is 0 Å². The second-order valence-corrected chi connectivity index (χ2v) is 7.10. The molecule has 2 heteroatoms. The van der Waals surface area contributed by atoms with Crippen LogP contribution in [0.2, 0.25) is 0 Å². The van der Waals surface area contributed by atoms with Gasteiger partial charge in [0, 0.05) is 30.7 Å². The van der Waals surface area contributed by atoms with E-state index in [9.17, 15) is 0 Å². The zero-order chi connectivity index (χ0) is 13.9. The lowest BCUT2D eigenvalue weighted by Crippen LogP contribution is -2.67. The fourth-order valence-corrected chi connectivity index (χ4v) is 4.04. The van der Waals surface area contributed by atoms with Crippen molar-refractivity contribution in [1.82, 2.24) is 10.2 Å². The van der Waals surface area contributed by atoms with Gasteiger partial charge in [0.15, 0.2) is 0 Å². The lowest BCUT2D eigenvalue weighted by atomic mass is 9.77. The minimum absolute atomic E-state index is 0.450. The van der Waals surface area contributed by atoms with E-state index < -0.39 is 0 Å². The van der Waals surface area contributed by atoms with Gasteiger partial charge in [0.05, 0.1) is 0 Å². The van der Waals surface area contributed by atoms with Gasteiger partial charge in [-0.2, -0.15) is 0 Å². The molecule has 1 spiro atoms. The summed E-state index contributed by atoms with van der Waals surface area (Å²) in [6, 6.07) is 1.48. The lowest BCUT2D eigenvalue weighted by molar-refractivity contribution is 0.00613. The Morgan fingerprint density at radius 2 is 1.79 bits per heavy atom. The van der Waals surface area contributed by atoms with Crippen LogP contribution in [-0.4, -0.2) is 35.6 Å². The van der Waals surface area contributed by atoms with E-state index >= 15 is 0 Å². The summed E-state index contributed by atoms with van der Waals surface area (Å²) < 4.78 is 0. The largest absolute Gasteiger partial charge is 0.308 e. The van der Waals surface area contributed by atoms with Crippen LogP contribution in [0.3, 0.4) is 0 Å². The van der Waals surface area contributed by atoms with Gasteiger partial charge in [0.25, 0.3) is 0 Å². The van der Waals surface area contributed by atoms with E-state index in [1.807, 2.05) is 0 Å². The Bertz CT molecular complexity index is 270. The molecule has 2 nitrogen and oxygen atoms in total. The maximum absolute atomic E-state index is 3.97. The van der Waals surface area contributed by atoms with E-state index in [1.165, 1.54) is 58.0 Å². The molecule has 2 aliphatic rings. The van der Waals surface area contributed by atoms with E-state index in [4.69, 9.17) is 0 Å². The number of nitrogens with zero attached hydrogens (tertiary/aromatic N) is 1. The minimum atomic E-state index is 0.450. The third-order valence-corrected chi connectivity index (χ3v) is 5.87. The first-order valence-corrected chi connectivity index (χ1v) is 8.62. The topological polar surface area (TPSA) is 15.3 Å². The second kappa shape index (κ2) is 6.58. The lowest BCUT2D eigenvalue weighted by Gasteiger charge is -2.53. The molecule has 1 saturated carbocycles. The number of hydrogen-bond donors (Lipinski definition) is 1. The number of rotatable bonds is 4. The average molecular weight is 266 g/mol. The molecule has 19 heavy (non-hydrogen) atoms. The highest BCUT2D eigenvalue weighted by Gasteiger charge is 2.42. The summed E-state index contributed by atoms with van der Waals surface area (Å²) in [5, 5.41) is 3.97. The molecule has 0 radical (unpaired) electrons. The third-order valence-electron chi connectivity index (χ3n) is 5.87. The van der Waals surface area contributed by atoms with Crippen LogP contribution in [0.4, 0.5) is 0 Å². The normalized spacial score (nSPS) is 31.3. The fraction of sp³-hybridized carbons (Fsp3) is 1.00. The molecule has 3 unspecified atom stereocenters. The summed E-state index contributed by atoms with van der Waals surface area (Å²) in [6.07, 6.45) is 9.67. The first-order valence-electron chi connectivity index (χ1n) is 8.62. The summed E-state index contributed by atoms with van der Waals surface area (Å²) in [5.74, 6) is 0.808. The second-order valence-electron chi connectivity index (χ2n) is 7.10. The first kappa shape index (κ1) is 15.3. The Hall–Kier alpha value is -0.0800. The minimum Gasteiger partial charge on any atom is -0.308 e. The number of piperazine rings is 1. The Morgan fingerprint density at radius 1 is 1.11 bits per heavy atom.